The number of nitrogens with zero attached hydrogens (tertiary/aromatic N) is 3. The highest BCUT2D eigenvalue weighted by Gasteiger charge is 2.29. The highest BCUT2D eigenvalue weighted by molar-refractivity contribution is 7.99. The number of fused-ring (bicyclic) bond motifs is 1. The first-order valence-corrected chi connectivity index (χ1v) is 7.30. The summed E-state index contributed by atoms with van der Waals surface area (Å²) >= 11 is 1.08. The Morgan fingerprint density at radius 1 is 1.43 bits per heavy atom. The summed E-state index contributed by atoms with van der Waals surface area (Å²) in [6, 6.07) is 7.46. The van der Waals surface area contributed by atoms with E-state index in [9.17, 15) is 9.90 Å². The zero-order valence-corrected chi connectivity index (χ0v) is 11.8. The number of hydrogen-bond donors (Lipinski definition) is 2. The fourth-order valence-electron chi connectivity index (χ4n) is 2.31. The fourth-order valence-corrected chi connectivity index (χ4v) is 3.04. The highest BCUT2D eigenvalue weighted by atomic mass is 32.2. The molecule has 0 saturated heterocycles. The van der Waals surface area contributed by atoms with Gasteiger partial charge in [-0.15, -0.1) is 10.2 Å². The van der Waals surface area contributed by atoms with Crippen molar-refractivity contribution in [3.63, 3.8) is 0 Å². The van der Waals surface area contributed by atoms with E-state index in [1.165, 1.54) is 0 Å². The van der Waals surface area contributed by atoms with Gasteiger partial charge < -0.3 is 14.9 Å². The van der Waals surface area contributed by atoms with Crippen molar-refractivity contribution in [1.82, 2.24) is 14.8 Å². The molecule has 21 heavy (non-hydrogen) atoms. The molecule has 1 aromatic heterocycles. The molecule has 0 amide bonds. The molecule has 0 saturated carbocycles. The normalized spacial score (nSPS) is 16.5. The summed E-state index contributed by atoms with van der Waals surface area (Å²) < 4.78 is 7.38. The maximum absolute atomic E-state index is 10.7. The van der Waals surface area contributed by atoms with Crippen LogP contribution in [0.3, 0.4) is 0 Å². The first-order valence-electron chi connectivity index (χ1n) is 6.31. The Kier molecular flexibility index (Phi) is 3.80. The van der Waals surface area contributed by atoms with E-state index in [0.29, 0.717) is 17.6 Å². The van der Waals surface area contributed by atoms with E-state index < -0.39 is 5.97 Å². The molecule has 1 aromatic carbocycles. The Balaban J connectivity index is 1.98. The van der Waals surface area contributed by atoms with E-state index in [-0.39, 0.29) is 18.4 Å². The number of ether oxygens (including phenoxy) is 1. The molecule has 0 spiro atoms. The summed E-state index contributed by atoms with van der Waals surface area (Å²) in [5.74, 6) is 0.143. The molecule has 3 rings (SSSR count). The summed E-state index contributed by atoms with van der Waals surface area (Å²) in [7, 11) is 0. The molecule has 0 fully saturated rings. The molecule has 2 heterocycles. The van der Waals surface area contributed by atoms with Crippen LogP contribution >= 0.6 is 11.8 Å². The molecular formula is C13H13N3O4S. The Morgan fingerprint density at radius 2 is 2.24 bits per heavy atom. The number of rotatable bonds is 5. The van der Waals surface area contributed by atoms with Crippen LogP contribution < -0.4 is 4.74 Å². The van der Waals surface area contributed by atoms with Gasteiger partial charge in [-0.3, -0.25) is 9.36 Å². The van der Waals surface area contributed by atoms with Gasteiger partial charge in [0, 0.05) is 5.56 Å². The third-order valence-electron chi connectivity index (χ3n) is 3.19. The second kappa shape index (κ2) is 5.74. The van der Waals surface area contributed by atoms with E-state index in [2.05, 4.69) is 10.2 Å². The number of carboxylic acids is 1. The number of benzene rings is 1. The van der Waals surface area contributed by atoms with Gasteiger partial charge in [-0.25, -0.2) is 0 Å². The summed E-state index contributed by atoms with van der Waals surface area (Å²) in [6.07, 6.45) is 0. The number of hydrogen-bond acceptors (Lipinski definition) is 6. The van der Waals surface area contributed by atoms with Crippen LogP contribution in [-0.2, 0) is 11.4 Å². The Bertz CT molecular complexity index is 673. The van der Waals surface area contributed by atoms with E-state index >= 15 is 0 Å². The molecule has 2 aromatic rings. The van der Waals surface area contributed by atoms with E-state index in [4.69, 9.17) is 9.84 Å². The van der Waals surface area contributed by atoms with Crippen LogP contribution in [0.5, 0.6) is 5.75 Å². The number of aliphatic hydroxyl groups excluding tert-OH is 1. The van der Waals surface area contributed by atoms with Gasteiger partial charge in [0.2, 0.25) is 0 Å². The smallest absolute Gasteiger partial charge is 0.313 e. The average molecular weight is 307 g/mol. The Hall–Kier alpha value is -2.06. The van der Waals surface area contributed by atoms with Crippen LogP contribution in [0.25, 0.3) is 0 Å². The van der Waals surface area contributed by atoms with Crippen molar-refractivity contribution in [3.8, 4) is 5.75 Å². The molecule has 110 valence electrons. The zero-order valence-electron chi connectivity index (χ0n) is 11.0. The summed E-state index contributed by atoms with van der Waals surface area (Å²) in [6.45, 7) is 0.143. The fraction of sp³-hybridized carbons (Fsp3) is 0.308. The summed E-state index contributed by atoms with van der Waals surface area (Å²) in [4.78, 5) is 10.7. The molecule has 7 nitrogen and oxygen atoms in total. The number of aliphatic hydroxyl groups is 1. The van der Waals surface area contributed by atoms with E-state index in [1.807, 2.05) is 24.3 Å². The lowest BCUT2D eigenvalue weighted by Gasteiger charge is -2.15. The van der Waals surface area contributed by atoms with Crippen LogP contribution in [-0.4, -0.2) is 43.3 Å². The van der Waals surface area contributed by atoms with Crippen molar-refractivity contribution in [2.75, 3.05) is 12.4 Å². The van der Waals surface area contributed by atoms with Crippen LogP contribution in [0.1, 0.15) is 17.4 Å². The Labute approximate surface area is 124 Å². The molecule has 1 atom stereocenters. The Morgan fingerprint density at radius 3 is 3.00 bits per heavy atom. The van der Waals surface area contributed by atoms with Gasteiger partial charge >= 0.3 is 5.97 Å². The lowest BCUT2D eigenvalue weighted by Crippen LogP contribution is -2.16. The maximum atomic E-state index is 10.7. The second-order valence-electron chi connectivity index (χ2n) is 4.47. The monoisotopic (exact) mass is 307 g/mol. The van der Waals surface area contributed by atoms with Gasteiger partial charge in [-0.2, -0.15) is 0 Å². The van der Waals surface area contributed by atoms with Gasteiger partial charge in [0.15, 0.2) is 11.0 Å². The van der Waals surface area contributed by atoms with Gasteiger partial charge in [0.1, 0.15) is 25.0 Å². The van der Waals surface area contributed by atoms with Crippen LogP contribution in [0.2, 0.25) is 0 Å². The lowest BCUT2D eigenvalue weighted by atomic mass is 10.1. The minimum atomic E-state index is -0.928. The first kappa shape index (κ1) is 13.9. The SMILES string of the molecule is O=C(O)CSc1nnc(CO)n1C1COc2ccccc21. The van der Waals surface area contributed by atoms with Gasteiger partial charge in [-0.1, -0.05) is 30.0 Å². The third kappa shape index (κ3) is 2.59. The van der Waals surface area contributed by atoms with Crippen molar-refractivity contribution in [2.45, 2.75) is 17.8 Å². The van der Waals surface area contributed by atoms with Crippen LogP contribution in [0.4, 0.5) is 0 Å². The molecule has 0 radical (unpaired) electrons. The molecule has 2 N–H and O–H groups in total. The van der Waals surface area contributed by atoms with Crippen molar-refractivity contribution < 1.29 is 19.7 Å². The minimum absolute atomic E-state index is 0.112. The standard InChI is InChI=1S/C13H13N3O4S/c17-5-11-14-15-13(21-7-12(18)19)16(11)9-6-20-10-4-2-1-3-8(9)10/h1-4,9,17H,5-7H2,(H,18,19). The van der Waals surface area contributed by atoms with E-state index in [0.717, 1.165) is 23.1 Å². The van der Waals surface area contributed by atoms with Crippen molar-refractivity contribution in [2.24, 2.45) is 0 Å². The lowest BCUT2D eigenvalue weighted by molar-refractivity contribution is -0.133. The number of aliphatic carboxylic acids is 1. The zero-order chi connectivity index (χ0) is 14.8. The quantitative estimate of drug-likeness (QED) is 0.793. The minimum Gasteiger partial charge on any atom is -0.491 e. The topological polar surface area (TPSA) is 97.5 Å². The average Bonchev–Trinajstić information content (AvgIpc) is 3.08. The molecule has 1 aliphatic rings. The van der Waals surface area contributed by atoms with Gasteiger partial charge in [-0.05, 0) is 6.07 Å². The molecule has 8 heteroatoms. The number of para-hydroxylation sites is 1. The summed E-state index contributed by atoms with van der Waals surface area (Å²) in [5, 5.41) is 26.6. The van der Waals surface area contributed by atoms with Crippen molar-refractivity contribution in [3.05, 3.63) is 35.7 Å². The summed E-state index contributed by atoms with van der Waals surface area (Å²) in [5.41, 5.74) is 0.976. The predicted molar refractivity (Wildman–Crippen MR) is 74.4 cm³/mol. The molecule has 0 aliphatic carbocycles. The number of thioether (sulfide) groups is 1. The number of carboxylic acid groups (broad SMARTS) is 1. The van der Waals surface area contributed by atoms with Gasteiger partial charge in [0.25, 0.3) is 0 Å². The van der Waals surface area contributed by atoms with Crippen LogP contribution in [0.15, 0.2) is 29.4 Å². The largest absolute Gasteiger partial charge is 0.491 e. The molecule has 1 unspecified atom stereocenters. The number of aromatic nitrogens is 3. The first-order chi connectivity index (χ1) is 10.2. The van der Waals surface area contributed by atoms with Crippen LogP contribution in [0, 0.1) is 0 Å². The molecule has 0 bridgehead atoms. The van der Waals surface area contributed by atoms with Crippen molar-refractivity contribution >= 4 is 17.7 Å². The second-order valence-corrected chi connectivity index (χ2v) is 5.42. The third-order valence-corrected chi connectivity index (χ3v) is 4.12. The maximum Gasteiger partial charge on any atom is 0.313 e. The predicted octanol–water partition coefficient (Wildman–Crippen LogP) is 0.929. The van der Waals surface area contributed by atoms with Gasteiger partial charge in [0.05, 0.1) is 5.75 Å². The highest BCUT2D eigenvalue weighted by Crippen LogP contribution is 2.37. The van der Waals surface area contributed by atoms with Crippen molar-refractivity contribution in [1.29, 1.82) is 0 Å². The molecular weight excluding hydrogens is 294 g/mol. The molecule has 1 aliphatic heterocycles. The number of carbonyl (C=O) groups is 1. The van der Waals surface area contributed by atoms with E-state index in [1.54, 1.807) is 4.57 Å².